The van der Waals surface area contributed by atoms with E-state index in [1.165, 1.54) is 28.9 Å². The van der Waals surface area contributed by atoms with Gasteiger partial charge < -0.3 is 10.0 Å². The van der Waals surface area contributed by atoms with Gasteiger partial charge in [0, 0.05) is 24.8 Å². The Morgan fingerprint density at radius 1 is 1.33 bits per heavy atom. The Labute approximate surface area is 145 Å². The van der Waals surface area contributed by atoms with E-state index < -0.39 is 0 Å². The van der Waals surface area contributed by atoms with Crippen LogP contribution < -0.4 is 4.90 Å². The van der Waals surface area contributed by atoms with Crippen molar-refractivity contribution in [1.82, 2.24) is 14.6 Å². The second-order valence-corrected chi connectivity index (χ2v) is 7.59. The molecular weight excluding hydrogens is 320 g/mol. The quantitative estimate of drug-likeness (QED) is 0.763. The zero-order chi connectivity index (χ0) is 16.7. The maximum atomic E-state index is 10.8. The summed E-state index contributed by atoms with van der Waals surface area (Å²) in [4.78, 5) is 7.83. The van der Waals surface area contributed by atoms with Crippen molar-refractivity contribution in [3.05, 3.63) is 46.1 Å². The average molecular weight is 343 g/mol. The third-order valence-electron chi connectivity index (χ3n) is 4.85. The number of nitrogens with zero attached hydrogens (tertiary/aromatic N) is 3. The number of aromatic nitrogens is 3. The van der Waals surface area contributed by atoms with Crippen LogP contribution >= 0.6 is 11.3 Å². The van der Waals surface area contributed by atoms with Gasteiger partial charge in [0.2, 0.25) is 10.8 Å². The Balaban J connectivity index is 1.83. The first-order valence-corrected chi connectivity index (χ1v) is 9.47. The third kappa shape index (κ3) is 2.59. The lowest BCUT2D eigenvalue weighted by molar-refractivity contribution is -0.913. The lowest BCUT2D eigenvalue weighted by atomic mass is 10.0. The van der Waals surface area contributed by atoms with E-state index in [1.54, 1.807) is 15.9 Å². The summed E-state index contributed by atoms with van der Waals surface area (Å²) in [6.45, 7) is 6.44. The number of benzene rings is 1. The molecule has 0 spiro atoms. The summed E-state index contributed by atoms with van der Waals surface area (Å²) in [7, 11) is 0. The van der Waals surface area contributed by atoms with E-state index >= 15 is 0 Å². The van der Waals surface area contributed by atoms with Crippen LogP contribution in [-0.2, 0) is 6.42 Å². The Hall–Kier alpha value is -1.92. The zero-order valence-electron chi connectivity index (χ0n) is 14.1. The summed E-state index contributed by atoms with van der Waals surface area (Å²) in [5.74, 6) is 1.04. The highest BCUT2D eigenvalue weighted by Gasteiger charge is 2.34. The molecule has 6 heteroatoms. The van der Waals surface area contributed by atoms with Crippen molar-refractivity contribution in [2.75, 3.05) is 13.1 Å². The van der Waals surface area contributed by atoms with Gasteiger partial charge in [-0.25, -0.2) is 4.98 Å². The third-order valence-corrected chi connectivity index (χ3v) is 5.94. The molecule has 3 heterocycles. The summed E-state index contributed by atoms with van der Waals surface area (Å²) in [5, 5.41) is 15.2. The minimum absolute atomic E-state index is 0.158. The number of thiazole rings is 1. The number of rotatable bonds is 4. The molecule has 0 unspecified atom stereocenters. The predicted octanol–water partition coefficient (Wildman–Crippen LogP) is 2.14. The molecule has 0 aliphatic carbocycles. The Morgan fingerprint density at radius 3 is 2.79 bits per heavy atom. The first kappa shape index (κ1) is 15.6. The van der Waals surface area contributed by atoms with Crippen molar-refractivity contribution in [2.24, 2.45) is 0 Å². The number of hydrogen-bond donors (Lipinski definition) is 2. The van der Waals surface area contributed by atoms with Gasteiger partial charge in [0.1, 0.15) is 4.88 Å². The molecule has 1 atom stereocenters. The normalized spacial score (nSPS) is 16.9. The standard InChI is InChI=1S/C18H22N4OS/c1-3-14-19-18-22(20-14)17(23)16(24-18)15(21-9-4-5-10-21)13-8-6-7-12(2)11-13/h6-8,11,15,23H,3-5,9-10H2,1-2H3/p+1/t15-/m0/s1. The van der Waals surface area contributed by atoms with Crippen LogP contribution in [0.15, 0.2) is 24.3 Å². The predicted molar refractivity (Wildman–Crippen MR) is 94.9 cm³/mol. The molecule has 1 saturated heterocycles. The fraction of sp³-hybridized carbons (Fsp3) is 0.444. The van der Waals surface area contributed by atoms with Gasteiger partial charge in [-0.3, -0.25) is 0 Å². The molecule has 1 aromatic carbocycles. The average Bonchev–Trinajstić information content (AvgIpc) is 3.28. The van der Waals surface area contributed by atoms with Gasteiger partial charge in [0.05, 0.1) is 13.1 Å². The number of nitrogens with one attached hydrogen (secondary N) is 1. The molecule has 3 aromatic rings. The lowest BCUT2D eigenvalue weighted by Gasteiger charge is -2.24. The summed E-state index contributed by atoms with van der Waals surface area (Å²) in [6, 6.07) is 8.80. The molecule has 4 rings (SSSR count). The topological polar surface area (TPSA) is 54.9 Å². The van der Waals surface area contributed by atoms with Crippen molar-refractivity contribution < 1.29 is 10.0 Å². The van der Waals surface area contributed by atoms with E-state index in [1.807, 2.05) is 6.92 Å². The van der Waals surface area contributed by atoms with E-state index in [9.17, 15) is 5.11 Å². The Kier molecular flexibility index (Phi) is 4.02. The molecule has 1 aliphatic heterocycles. The first-order chi connectivity index (χ1) is 11.7. The van der Waals surface area contributed by atoms with Crippen LogP contribution in [0.2, 0.25) is 0 Å². The second kappa shape index (κ2) is 6.18. The van der Waals surface area contributed by atoms with Crippen LogP contribution in [0, 0.1) is 6.92 Å². The SMILES string of the molecule is CCc1nc2sc([C@H](c3cccc(C)c3)[NH+]3CCCC3)c(O)n2n1. The largest absolute Gasteiger partial charge is 0.492 e. The highest BCUT2D eigenvalue weighted by molar-refractivity contribution is 7.17. The van der Waals surface area contributed by atoms with Gasteiger partial charge in [-0.05, 0) is 13.0 Å². The molecule has 1 aliphatic rings. The molecule has 24 heavy (non-hydrogen) atoms. The van der Waals surface area contributed by atoms with Crippen LogP contribution in [0.5, 0.6) is 5.88 Å². The smallest absolute Gasteiger partial charge is 0.235 e. The lowest BCUT2D eigenvalue weighted by Crippen LogP contribution is -3.10. The molecule has 0 radical (unpaired) electrons. The molecular formula is C18H23N4OS+. The van der Waals surface area contributed by atoms with Crippen molar-refractivity contribution in [1.29, 1.82) is 0 Å². The molecule has 2 N–H and O–H groups in total. The summed E-state index contributed by atoms with van der Waals surface area (Å²) < 4.78 is 1.61. The fourth-order valence-electron chi connectivity index (χ4n) is 3.67. The maximum Gasteiger partial charge on any atom is 0.235 e. The fourth-order valence-corrected chi connectivity index (χ4v) is 4.83. The van der Waals surface area contributed by atoms with Crippen molar-refractivity contribution in [3.8, 4) is 5.88 Å². The second-order valence-electron chi connectivity index (χ2n) is 6.58. The minimum atomic E-state index is 0.158. The number of hydrogen-bond acceptors (Lipinski definition) is 4. The van der Waals surface area contributed by atoms with Crippen LogP contribution in [0.4, 0.5) is 0 Å². The highest BCUT2D eigenvalue weighted by atomic mass is 32.1. The molecule has 5 nitrogen and oxygen atoms in total. The van der Waals surface area contributed by atoms with Crippen LogP contribution in [0.3, 0.4) is 0 Å². The van der Waals surface area contributed by atoms with E-state index in [0.717, 1.165) is 35.2 Å². The molecule has 126 valence electrons. The van der Waals surface area contributed by atoms with Crippen molar-refractivity contribution in [2.45, 2.75) is 39.2 Å². The number of aromatic hydroxyl groups is 1. The molecule has 0 amide bonds. The maximum absolute atomic E-state index is 10.8. The first-order valence-electron chi connectivity index (χ1n) is 8.66. The number of quaternary nitrogens is 1. The van der Waals surface area contributed by atoms with E-state index in [2.05, 4.69) is 41.3 Å². The van der Waals surface area contributed by atoms with E-state index in [-0.39, 0.29) is 11.9 Å². The van der Waals surface area contributed by atoms with Crippen LogP contribution in [0.1, 0.15) is 47.6 Å². The Morgan fingerprint density at radius 2 is 2.12 bits per heavy atom. The van der Waals surface area contributed by atoms with Gasteiger partial charge in [-0.15, -0.1) is 5.10 Å². The summed E-state index contributed by atoms with van der Waals surface area (Å²) >= 11 is 1.57. The molecule has 0 saturated carbocycles. The number of aryl methyl sites for hydroxylation is 2. The highest BCUT2D eigenvalue weighted by Crippen LogP contribution is 2.35. The van der Waals surface area contributed by atoms with Gasteiger partial charge >= 0.3 is 0 Å². The zero-order valence-corrected chi connectivity index (χ0v) is 14.9. The van der Waals surface area contributed by atoms with Crippen LogP contribution in [0.25, 0.3) is 4.96 Å². The summed E-state index contributed by atoms with van der Waals surface area (Å²) in [6.07, 6.45) is 3.28. The molecule has 2 aromatic heterocycles. The van der Waals surface area contributed by atoms with Crippen molar-refractivity contribution in [3.63, 3.8) is 0 Å². The Bertz CT molecular complexity index is 863. The van der Waals surface area contributed by atoms with E-state index in [4.69, 9.17) is 0 Å². The summed E-state index contributed by atoms with van der Waals surface area (Å²) in [5.41, 5.74) is 2.52. The number of likely N-dealkylation sites (tertiary alicyclic amines) is 1. The van der Waals surface area contributed by atoms with Gasteiger partial charge in [-0.2, -0.15) is 4.52 Å². The van der Waals surface area contributed by atoms with Crippen molar-refractivity contribution >= 4 is 16.3 Å². The van der Waals surface area contributed by atoms with Gasteiger partial charge in [0.25, 0.3) is 0 Å². The monoisotopic (exact) mass is 343 g/mol. The van der Waals surface area contributed by atoms with Gasteiger partial charge in [0.15, 0.2) is 11.9 Å². The minimum Gasteiger partial charge on any atom is -0.492 e. The molecule has 0 bridgehead atoms. The molecule has 1 fully saturated rings. The van der Waals surface area contributed by atoms with Gasteiger partial charge in [-0.1, -0.05) is 42.0 Å². The number of fused-ring (bicyclic) bond motifs is 1. The van der Waals surface area contributed by atoms with E-state index in [0.29, 0.717) is 0 Å². The van der Waals surface area contributed by atoms with Crippen LogP contribution in [-0.4, -0.2) is 32.8 Å².